The summed E-state index contributed by atoms with van der Waals surface area (Å²) >= 11 is 3.30. The Balaban J connectivity index is 1.80. The van der Waals surface area contributed by atoms with E-state index in [-0.39, 0.29) is 11.5 Å². The number of pyridine rings is 1. The molecule has 0 radical (unpaired) electrons. The van der Waals surface area contributed by atoms with E-state index in [1.54, 1.807) is 30.5 Å². The molecule has 0 aliphatic carbocycles. The Morgan fingerprint density at radius 2 is 2.00 bits per heavy atom. The van der Waals surface area contributed by atoms with Gasteiger partial charge in [-0.05, 0) is 52.3 Å². The van der Waals surface area contributed by atoms with Gasteiger partial charge in [0.1, 0.15) is 0 Å². The van der Waals surface area contributed by atoms with E-state index in [2.05, 4.69) is 41.7 Å². The summed E-state index contributed by atoms with van der Waals surface area (Å²) in [7, 11) is 0. The first-order valence-corrected chi connectivity index (χ1v) is 8.06. The molecule has 0 spiro atoms. The molecule has 0 aliphatic rings. The van der Waals surface area contributed by atoms with Crippen molar-refractivity contribution in [1.82, 2.24) is 4.98 Å². The number of hydrogen-bond donors (Lipinski definition) is 1. The molecule has 0 fully saturated rings. The molecule has 1 aromatic carbocycles. The van der Waals surface area contributed by atoms with Gasteiger partial charge >= 0.3 is 0 Å². The van der Waals surface area contributed by atoms with Gasteiger partial charge in [0.05, 0.1) is 16.9 Å². The fourth-order valence-corrected chi connectivity index (χ4v) is 2.07. The van der Waals surface area contributed by atoms with Crippen LogP contribution in [0.3, 0.4) is 0 Å². The summed E-state index contributed by atoms with van der Waals surface area (Å²) in [4.78, 5) is 14.3. The van der Waals surface area contributed by atoms with Crippen LogP contribution in [0.15, 0.2) is 85.2 Å². The fourth-order valence-electron chi connectivity index (χ4n) is 1.83. The van der Waals surface area contributed by atoms with Gasteiger partial charge in [0.25, 0.3) is 5.69 Å². The van der Waals surface area contributed by atoms with Gasteiger partial charge in [-0.25, -0.2) is 4.98 Å². The minimum atomic E-state index is -0.471. The van der Waals surface area contributed by atoms with Crippen LogP contribution in [0.25, 0.3) is 0 Å². The number of nitro benzene ring substituents is 1. The van der Waals surface area contributed by atoms with Crippen LogP contribution >= 0.6 is 15.9 Å². The van der Waals surface area contributed by atoms with Crippen molar-refractivity contribution in [3.63, 3.8) is 0 Å². The number of furan rings is 1. The molecule has 0 amide bonds. The van der Waals surface area contributed by atoms with Crippen molar-refractivity contribution in [2.24, 2.45) is 15.3 Å². The smallest absolute Gasteiger partial charge is 0.269 e. The first kappa shape index (κ1) is 17.4. The number of benzene rings is 1. The lowest BCUT2D eigenvalue weighted by Crippen LogP contribution is -2.00. The minimum absolute atomic E-state index is 0.00760. The van der Waals surface area contributed by atoms with Crippen molar-refractivity contribution in [3.05, 3.63) is 81.3 Å². The lowest BCUT2D eigenvalue weighted by Gasteiger charge is -2.01. The van der Waals surface area contributed by atoms with E-state index in [9.17, 15) is 10.1 Å². The number of hydrogen-bond acceptors (Lipinski definition) is 7. The molecule has 3 aromatic rings. The van der Waals surface area contributed by atoms with E-state index in [0.29, 0.717) is 17.3 Å². The average Bonchev–Trinajstić information content (AvgIpc) is 3.18. The van der Waals surface area contributed by atoms with Crippen molar-refractivity contribution >= 4 is 39.0 Å². The summed E-state index contributed by atoms with van der Waals surface area (Å²) < 4.78 is 6.13. The highest BCUT2D eigenvalue weighted by molar-refractivity contribution is 9.10. The average molecular weight is 415 g/mol. The summed E-state index contributed by atoms with van der Waals surface area (Å²) in [6.07, 6.45) is 3.09. The van der Waals surface area contributed by atoms with Crippen molar-refractivity contribution in [1.29, 1.82) is 0 Å². The number of non-ortho nitro benzene ring substituents is 1. The molecule has 10 heteroatoms. The Bertz CT molecular complexity index is 937. The highest BCUT2D eigenvalue weighted by Crippen LogP contribution is 2.17. The maximum atomic E-state index is 10.7. The molecule has 2 aromatic heterocycles. The maximum Gasteiger partial charge on any atom is 0.269 e. The second-order valence-corrected chi connectivity index (χ2v) is 5.78. The Labute approximate surface area is 155 Å². The Hall–Kier alpha value is -3.40. The van der Waals surface area contributed by atoms with Crippen LogP contribution in [-0.2, 0) is 0 Å². The number of amidine groups is 1. The standard InChI is InChI=1S/C16H11BrN6O3/c17-11-3-8-15(18-10-11)20-22-16(14-2-1-9-26-14)21-19-12-4-6-13(7-5-12)23(24)25/h1-10,19H. The van der Waals surface area contributed by atoms with Gasteiger partial charge in [-0.1, -0.05) is 0 Å². The zero-order valence-corrected chi connectivity index (χ0v) is 14.7. The molecule has 0 saturated heterocycles. The molecule has 0 unspecified atom stereocenters. The Morgan fingerprint density at radius 1 is 1.19 bits per heavy atom. The molecule has 0 atom stereocenters. The van der Waals surface area contributed by atoms with Gasteiger partial charge in [-0.3, -0.25) is 15.5 Å². The highest BCUT2D eigenvalue weighted by atomic mass is 79.9. The molecule has 9 nitrogen and oxygen atoms in total. The van der Waals surface area contributed by atoms with Crippen LogP contribution in [0.5, 0.6) is 0 Å². The summed E-state index contributed by atoms with van der Waals surface area (Å²) in [6.45, 7) is 0. The SMILES string of the molecule is O=[N+]([O-])c1ccc(NN=C(N=Nc2ccc(Br)cn2)c2ccco2)cc1. The molecule has 0 bridgehead atoms. The van der Waals surface area contributed by atoms with E-state index in [4.69, 9.17) is 4.42 Å². The molecule has 2 heterocycles. The number of anilines is 1. The quantitative estimate of drug-likeness (QED) is 0.209. The topological polar surface area (TPSA) is 118 Å². The lowest BCUT2D eigenvalue weighted by molar-refractivity contribution is -0.384. The van der Waals surface area contributed by atoms with Gasteiger partial charge in [-0.2, -0.15) is 0 Å². The maximum absolute atomic E-state index is 10.7. The number of hydrazone groups is 1. The van der Waals surface area contributed by atoms with Crippen molar-refractivity contribution in [2.45, 2.75) is 0 Å². The summed E-state index contributed by atoms with van der Waals surface area (Å²) in [5.74, 6) is 1.00. The molecule has 0 saturated carbocycles. The Morgan fingerprint density at radius 3 is 2.62 bits per heavy atom. The third kappa shape index (κ3) is 4.57. The zero-order chi connectivity index (χ0) is 18.4. The largest absolute Gasteiger partial charge is 0.461 e. The van der Waals surface area contributed by atoms with E-state index in [0.717, 1.165) is 4.47 Å². The summed E-state index contributed by atoms with van der Waals surface area (Å²) in [5, 5.41) is 22.9. The van der Waals surface area contributed by atoms with Crippen LogP contribution in [0.1, 0.15) is 5.76 Å². The van der Waals surface area contributed by atoms with Crippen LogP contribution < -0.4 is 5.43 Å². The van der Waals surface area contributed by atoms with Gasteiger partial charge in [0.2, 0.25) is 5.84 Å². The predicted molar refractivity (Wildman–Crippen MR) is 98.4 cm³/mol. The number of halogens is 1. The van der Waals surface area contributed by atoms with Crippen molar-refractivity contribution in [3.8, 4) is 0 Å². The van der Waals surface area contributed by atoms with Crippen LogP contribution in [0.4, 0.5) is 17.2 Å². The summed E-state index contributed by atoms with van der Waals surface area (Å²) in [5.41, 5.74) is 3.31. The minimum Gasteiger partial charge on any atom is -0.461 e. The number of nitro groups is 1. The van der Waals surface area contributed by atoms with Crippen LogP contribution in [-0.4, -0.2) is 15.7 Å². The zero-order valence-electron chi connectivity index (χ0n) is 13.1. The molecular formula is C16H11BrN6O3. The van der Waals surface area contributed by atoms with Crippen molar-refractivity contribution < 1.29 is 9.34 Å². The first-order valence-electron chi connectivity index (χ1n) is 7.27. The number of aromatic nitrogens is 1. The fraction of sp³-hybridized carbons (Fsp3) is 0. The van der Waals surface area contributed by atoms with E-state index in [1.807, 2.05) is 0 Å². The second kappa shape index (κ2) is 8.12. The van der Waals surface area contributed by atoms with Gasteiger partial charge in [-0.15, -0.1) is 15.3 Å². The van der Waals surface area contributed by atoms with Crippen molar-refractivity contribution in [2.75, 3.05) is 5.43 Å². The third-order valence-corrected chi connectivity index (χ3v) is 3.54. The van der Waals surface area contributed by atoms with Gasteiger partial charge < -0.3 is 4.42 Å². The van der Waals surface area contributed by atoms with Crippen LogP contribution in [0, 0.1) is 10.1 Å². The monoisotopic (exact) mass is 414 g/mol. The lowest BCUT2D eigenvalue weighted by atomic mass is 10.3. The van der Waals surface area contributed by atoms with E-state index >= 15 is 0 Å². The number of azo groups is 1. The van der Waals surface area contributed by atoms with E-state index < -0.39 is 4.92 Å². The molecule has 3 rings (SSSR count). The number of nitrogens with zero attached hydrogens (tertiary/aromatic N) is 5. The molecular weight excluding hydrogens is 404 g/mol. The number of nitrogens with one attached hydrogen (secondary N) is 1. The first-order chi connectivity index (χ1) is 12.6. The van der Waals surface area contributed by atoms with Gasteiger partial charge in [0.15, 0.2) is 11.6 Å². The Kier molecular flexibility index (Phi) is 5.44. The predicted octanol–water partition coefficient (Wildman–Crippen LogP) is 4.90. The number of rotatable bonds is 5. The summed E-state index contributed by atoms with van der Waals surface area (Å²) in [6, 6.07) is 12.7. The third-order valence-electron chi connectivity index (χ3n) is 3.07. The highest BCUT2D eigenvalue weighted by Gasteiger charge is 2.07. The molecule has 0 aliphatic heterocycles. The second-order valence-electron chi connectivity index (χ2n) is 4.86. The molecule has 1 N–H and O–H groups in total. The molecule has 130 valence electrons. The van der Waals surface area contributed by atoms with Crippen LogP contribution in [0.2, 0.25) is 0 Å². The van der Waals surface area contributed by atoms with Gasteiger partial charge in [0, 0.05) is 22.8 Å². The normalized spacial score (nSPS) is 11.7. The van der Waals surface area contributed by atoms with E-state index in [1.165, 1.54) is 30.5 Å². The molecule has 26 heavy (non-hydrogen) atoms.